The second-order valence-electron chi connectivity index (χ2n) is 5.36. The Morgan fingerprint density at radius 3 is 2.41 bits per heavy atom. The van der Waals surface area contributed by atoms with Gasteiger partial charge in [0, 0.05) is 12.1 Å². The normalized spacial score (nSPS) is 11.9. The van der Waals surface area contributed by atoms with Crippen molar-refractivity contribution in [1.29, 1.82) is 0 Å². The Morgan fingerprint density at radius 2 is 1.73 bits per heavy atom. The number of unbranched alkanes of at least 4 members (excludes halogenated alkanes) is 1. The fourth-order valence-electron chi connectivity index (χ4n) is 2.11. The van der Waals surface area contributed by atoms with E-state index in [2.05, 4.69) is 6.92 Å². The summed E-state index contributed by atoms with van der Waals surface area (Å²) in [5.41, 5.74) is 14.1. The lowest BCUT2D eigenvalue weighted by Gasteiger charge is -2.22. The van der Waals surface area contributed by atoms with Crippen LogP contribution in [0.1, 0.15) is 31.7 Å². The molecule has 0 amide bonds. The van der Waals surface area contributed by atoms with Crippen LogP contribution in [0.25, 0.3) is 0 Å². The van der Waals surface area contributed by atoms with E-state index in [9.17, 15) is 0 Å². The minimum atomic E-state index is -0.368. The minimum absolute atomic E-state index is 0.368. The highest BCUT2D eigenvalue weighted by molar-refractivity contribution is 5.57. The molecule has 118 valence electrons. The maximum Gasteiger partial charge on any atom is 0.241 e. The zero-order chi connectivity index (χ0) is 15.9. The Labute approximate surface area is 132 Å². The molecule has 4 heteroatoms. The van der Waals surface area contributed by atoms with Crippen molar-refractivity contribution in [1.82, 2.24) is 0 Å². The van der Waals surface area contributed by atoms with Crippen LogP contribution in [-0.2, 0) is 0 Å². The third kappa shape index (κ3) is 4.32. The molecule has 0 bridgehead atoms. The molecule has 4 N–H and O–H groups in total. The van der Waals surface area contributed by atoms with E-state index in [0.29, 0.717) is 17.1 Å². The molecule has 0 aliphatic carbocycles. The van der Waals surface area contributed by atoms with E-state index >= 15 is 0 Å². The number of nitrogens with two attached hydrogens (primary N) is 2. The molecule has 2 aromatic rings. The standard InChI is InChI=1S/C18H24N2O2/c1-3-4-8-17(21-15-11-9-14(19)10-12-15)22-16-7-5-6-13(2)18(16)20/h5-7,9-12,17H,3-4,8,19-20H2,1-2H3. The largest absolute Gasteiger partial charge is 0.455 e. The summed E-state index contributed by atoms with van der Waals surface area (Å²) in [4.78, 5) is 0. The van der Waals surface area contributed by atoms with Gasteiger partial charge in [0.15, 0.2) is 0 Å². The third-order valence-electron chi connectivity index (χ3n) is 3.48. The zero-order valence-electron chi connectivity index (χ0n) is 13.2. The van der Waals surface area contributed by atoms with Crippen molar-refractivity contribution in [2.45, 2.75) is 39.4 Å². The number of nitrogen functional groups attached to an aromatic ring is 2. The molecule has 1 atom stereocenters. The second-order valence-corrected chi connectivity index (χ2v) is 5.36. The molecule has 2 aromatic carbocycles. The number of benzene rings is 2. The molecule has 0 aromatic heterocycles. The summed E-state index contributed by atoms with van der Waals surface area (Å²) in [6.07, 6.45) is 2.53. The Bertz CT molecular complexity index is 597. The lowest BCUT2D eigenvalue weighted by Crippen LogP contribution is -2.24. The summed E-state index contributed by atoms with van der Waals surface area (Å²) in [6, 6.07) is 13.1. The van der Waals surface area contributed by atoms with Gasteiger partial charge in [0.05, 0.1) is 5.69 Å². The highest BCUT2D eigenvalue weighted by atomic mass is 16.7. The Kier molecular flexibility index (Phi) is 5.53. The summed E-state index contributed by atoms with van der Waals surface area (Å²) in [6.45, 7) is 4.10. The SMILES string of the molecule is CCCCC(Oc1ccc(N)cc1)Oc1cccc(C)c1N. The van der Waals surface area contributed by atoms with E-state index < -0.39 is 0 Å². The third-order valence-corrected chi connectivity index (χ3v) is 3.48. The van der Waals surface area contributed by atoms with Crippen LogP contribution in [-0.4, -0.2) is 6.29 Å². The van der Waals surface area contributed by atoms with E-state index in [1.807, 2.05) is 49.4 Å². The number of para-hydroxylation sites is 1. The zero-order valence-corrected chi connectivity index (χ0v) is 13.2. The van der Waals surface area contributed by atoms with Gasteiger partial charge in [-0.2, -0.15) is 0 Å². The van der Waals surface area contributed by atoms with Gasteiger partial charge < -0.3 is 20.9 Å². The quantitative estimate of drug-likeness (QED) is 0.595. The van der Waals surface area contributed by atoms with Crippen molar-refractivity contribution in [2.75, 3.05) is 11.5 Å². The van der Waals surface area contributed by atoms with Crippen molar-refractivity contribution < 1.29 is 9.47 Å². The fourth-order valence-corrected chi connectivity index (χ4v) is 2.11. The summed E-state index contributed by atoms with van der Waals surface area (Å²) in [7, 11) is 0. The van der Waals surface area contributed by atoms with Crippen LogP contribution in [0.2, 0.25) is 0 Å². The van der Waals surface area contributed by atoms with Crippen molar-refractivity contribution in [2.24, 2.45) is 0 Å². The van der Waals surface area contributed by atoms with Crippen LogP contribution in [0.5, 0.6) is 11.5 Å². The van der Waals surface area contributed by atoms with Crippen LogP contribution in [0, 0.1) is 6.92 Å². The van der Waals surface area contributed by atoms with Gasteiger partial charge in [-0.05, 0) is 49.2 Å². The van der Waals surface area contributed by atoms with Gasteiger partial charge in [-0.3, -0.25) is 0 Å². The Balaban J connectivity index is 2.11. The first kappa shape index (κ1) is 16.0. The number of hydrogen-bond acceptors (Lipinski definition) is 4. The fraction of sp³-hybridized carbons (Fsp3) is 0.333. The summed E-state index contributed by atoms with van der Waals surface area (Å²) >= 11 is 0. The van der Waals surface area contributed by atoms with Gasteiger partial charge in [-0.1, -0.05) is 25.5 Å². The molecule has 22 heavy (non-hydrogen) atoms. The number of hydrogen-bond donors (Lipinski definition) is 2. The van der Waals surface area contributed by atoms with Crippen LogP contribution in [0.3, 0.4) is 0 Å². The molecule has 0 saturated heterocycles. The predicted octanol–water partition coefficient (Wildman–Crippen LogP) is 4.13. The Morgan fingerprint density at radius 1 is 1.00 bits per heavy atom. The molecule has 0 aliphatic heterocycles. The van der Waals surface area contributed by atoms with Crippen LogP contribution >= 0.6 is 0 Å². The van der Waals surface area contributed by atoms with Gasteiger partial charge in [0.25, 0.3) is 0 Å². The monoisotopic (exact) mass is 300 g/mol. The Hall–Kier alpha value is -2.36. The van der Waals surface area contributed by atoms with Gasteiger partial charge in [0.1, 0.15) is 11.5 Å². The molecule has 4 nitrogen and oxygen atoms in total. The summed E-state index contributed by atoms with van der Waals surface area (Å²) < 4.78 is 11.9. The van der Waals surface area contributed by atoms with Crippen molar-refractivity contribution in [3.63, 3.8) is 0 Å². The summed E-state index contributed by atoms with van der Waals surface area (Å²) in [5, 5.41) is 0. The molecule has 0 aliphatic rings. The smallest absolute Gasteiger partial charge is 0.241 e. The van der Waals surface area contributed by atoms with Gasteiger partial charge in [-0.15, -0.1) is 0 Å². The molecule has 2 rings (SSSR count). The van der Waals surface area contributed by atoms with E-state index in [-0.39, 0.29) is 6.29 Å². The predicted molar refractivity (Wildman–Crippen MR) is 91.0 cm³/mol. The first-order valence-electron chi connectivity index (χ1n) is 7.64. The highest BCUT2D eigenvalue weighted by Crippen LogP contribution is 2.27. The van der Waals surface area contributed by atoms with Crippen molar-refractivity contribution in [3.05, 3.63) is 48.0 Å². The average Bonchev–Trinajstić information content (AvgIpc) is 2.51. The molecular weight excluding hydrogens is 276 g/mol. The number of ether oxygens (including phenoxy) is 2. The van der Waals surface area contributed by atoms with Gasteiger partial charge >= 0.3 is 0 Å². The van der Waals surface area contributed by atoms with Gasteiger partial charge in [-0.25, -0.2) is 0 Å². The minimum Gasteiger partial charge on any atom is -0.455 e. The molecule has 0 radical (unpaired) electrons. The first-order chi connectivity index (χ1) is 10.6. The lowest BCUT2D eigenvalue weighted by molar-refractivity contribution is -0.00157. The average molecular weight is 300 g/mol. The first-order valence-corrected chi connectivity index (χ1v) is 7.64. The van der Waals surface area contributed by atoms with E-state index in [1.165, 1.54) is 0 Å². The van der Waals surface area contributed by atoms with Crippen LogP contribution < -0.4 is 20.9 Å². The van der Waals surface area contributed by atoms with Crippen LogP contribution in [0.4, 0.5) is 11.4 Å². The number of rotatable bonds is 7. The summed E-state index contributed by atoms with van der Waals surface area (Å²) in [5.74, 6) is 1.40. The van der Waals surface area contributed by atoms with E-state index in [4.69, 9.17) is 20.9 Å². The number of aryl methyl sites for hydroxylation is 1. The van der Waals surface area contributed by atoms with E-state index in [0.717, 1.165) is 30.6 Å². The topological polar surface area (TPSA) is 70.5 Å². The molecular formula is C18H24N2O2. The van der Waals surface area contributed by atoms with Crippen molar-refractivity contribution in [3.8, 4) is 11.5 Å². The molecule has 0 fully saturated rings. The maximum absolute atomic E-state index is 6.08. The molecule has 0 heterocycles. The van der Waals surface area contributed by atoms with E-state index in [1.54, 1.807) is 0 Å². The van der Waals surface area contributed by atoms with Crippen molar-refractivity contribution >= 4 is 11.4 Å². The molecule has 1 unspecified atom stereocenters. The molecule has 0 saturated carbocycles. The molecule has 0 spiro atoms. The lowest BCUT2D eigenvalue weighted by atomic mass is 10.2. The second kappa shape index (κ2) is 7.59. The highest BCUT2D eigenvalue weighted by Gasteiger charge is 2.14. The van der Waals surface area contributed by atoms with Crippen LogP contribution in [0.15, 0.2) is 42.5 Å². The maximum atomic E-state index is 6.08. The van der Waals surface area contributed by atoms with Gasteiger partial charge in [0.2, 0.25) is 6.29 Å². The number of anilines is 2.